The van der Waals surface area contributed by atoms with Gasteiger partial charge in [-0.15, -0.1) is 0 Å². The lowest BCUT2D eigenvalue weighted by molar-refractivity contribution is -0.384. The Balaban J connectivity index is 1.39. The Morgan fingerprint density at radius 2 is 1.91 bits per heavy atom. The summed E-state index contributed by atoms with van der Waals surface area (Å²) in [4.78, 5) is 33.2. The van der Waals surface area contributed by atoms with Gasteiger partial charge in [0.2, 0.25) is 5.91 Å². The molecule has 8 heteroatoms. The molecule has 1 N–H and O–H groups in total. The number of pyridine rings is 1. The second kappa shape index (κ2) is 9.61. The second-order valence-corrected chi connectivity index (χ2v) is 8.94. The Labute approximate surface area is 198 Å². The number of carbonyl (C=O) groups is 1. The van der Waals surface area contributed by atoms with Crippen molar-refractivity contribution >= 4 is 17.3 Å². The van der Waals surface area contributed by atoms with E-state index < -0.39 is 0 Å². The lowest BCUT2D eigenvalue weighted by Crippen LogP contribution is -2.60. The van der Waals surface area contributed by atoms with Crippen LogP contribution in [0.25, 0.3) is 0 Å². The van der Waals surface area contributed by atoms with Crippen molar-refractivity contribution in [2.24, 2.45) is 5.92 Å². The van der Waals surface area contributed by atoms with E-state index in [1.807, 2.05) is 36.4 Å². The molecular formula is C26H27N5O3. The van der Waals surface area contributed by atoms with E-state index in [1.165, 1.54) is 5.56 Å². The minimum absolute atomic E-state index is 0.000293. The largest absolute Gasteiger partial charge is 0.365 e. The van der Waals surface area contributed by atoms with Crippen LogP contribution in [-0.4, -0.2) is 46.4 Å². The zero-order chi connectivity index (χ0) is 23.5. The standard InChI is InChI=1S/C26H27N5O3/c32-26(28-16-20-7-4-10-27-15-20)23-14-21-13-22(31(33)34)8-9-24(21)30-12-11-29(18-25(23)30)17-19-5-2-1-3-6-19/h1-10,13,15,23,25H,11-12,14,16-18H2,(H,28,32)/t23-,25+/m1/s1. The molecule has 0 radical (unpaired) electrons. The number of rotatable bonds is 6. The SMILES string of the molecule is O=C(NCc1cccnc1)[C@@H]1Cc2cc([N+](=O)[O-])ccc2N2CCN(Cc3ccccc3)C[C@@H]12. The van der Waals surface area contributed by atoms with Gasteiger partial charge >= 0.3 is 0 Å². The van der Waals surface area contributed by atoms with Gasteiger partial charge in [-0.25, -0.2) is 0 Å². The van der Waals surface area contributed by atoms with Gasteiger partial charge in [0.25, 0.3) is 5.69 Å². The maximum absolute atomic E-state index is 13.4. The van der Waals surface area contributed by atoms with Gasteiger partial charge < -0.3 is 10.2 Å². The molecule has 0 saturated carbocycles. The number of anilines is 1. The first kappa shape index (κ1) is 22.0. The average molecular weight is 458 g/mol. The fraction of sp³-hybridized carbons (Fsp3) is 0.308. The van der Waals surface area contributed by atoms with Crippen LogP contribution < -0.4 is 10.2 Å². The Bertz CT molecular complexity index is 1170. The van der Waals surface area contributed by atoms with Crippen LogP contribution in [0.3, 0.4) is 0 Å². The van der Waals surface area contributed by atoms with Gasteiger partial charge in [0.1, 0.15) is 0 Å². The Morgan fingerprint density at radius 3 is 2.68 bits per heavy atom. The number of hydrogen-bond donors (Lipinski definition) is 1. The highest BCUT2D eigenvalue weighted by Crippen LogP contribution is 2.38. The van der Waals surface area contributed by atoms with Gasteiger partial charge in [-0.1, -0.05) is 36.4 Å². The molecule has 0 aliphatic carbocycles. The number of piperazine rings is 1. The fourth-order valence-corrected chi connectivity index (χ4v) is 5.09. The molecule has 2 aliphatic rings. The van der Waals surface area contributed by atoms with Gasteiger partial charge in [-0.05, 0) is 35.2 Å². The van der Waals surface area contributed by atoms with Gasteiger partial charge in [0, 0.05) is 62.9 Å². The van der Waals surface area contributed by atoms with E-state index in [1.54, 1.807) is 24.5 Å². The maximum Gasteiger partial charge on any atom is 0.269 e. The van der Waals surface area contributed by atoms with Gasteiger partial charge in [0.15, 0.2) is 0 Å². The van der Waals surface area contributed by atoms with Crippen LogP contribution >= 0.6 is 0 Å². The van der Waals surface area contributed by atoms with Crippen molar-refractivity contribution in [2.75, 3.05) is 24.5 Å². The molecule has 174 valence electrons. The molecule has 3 heterocycles. The van der Waals surface area contributed by atoms with Crippen molar-refractivity contribution in [3.8, 4) is 0 Å². The summed E-state index contributed by atoms with van der Waals surface area (Å²) < 4.78 is 0. The predicted octanol–water partition coefficient (Wildman–Crippen LogP) is 3.17. The van der Waals surface area contributed by atoms with Crippen molar-refractivity contribution in [2.45, 2.75) is 25.6 Å². The number of nitro groups is 1. The van der Waals surface area contributed by atoms with Crippen LogP contribution in [0, 0.1) is 16.0 Å². The van der Waals surface area contributed by atoms with E-state index in [4.69, 9.17) is 0 Å². The molecule has 2 atom stereocenters. The van der Waals surface area contributed by atoms with E-state index in [-0.39, 0.29) is 28.5 Å². The summed E-state index contributed by atoms with van der Waals surface area (Å²) in [6, 6.07) is 19.2. The molecule has 2 aliphatic heterocycles. The van der Waals surface area contributed by atoms with E-state index in [9.17, 15) is 14.9 Å². The van der Waals surface area contributed by atoms with Crippen LogP contribution in [0.15, 0.2) is 73.1 Å². The molecule has 8 nitrogen and oxygen atoms in total. The fourth-order valence-electron chi connectivity index (χ4n) is 5.09. The first-order valence-electron chi connectivity index (χ1n) is 11.6. The molecule has 1 fully saturated rings. The molecular weight excluding hydrogens is 430 g/mol. The summed E-state index contributed by atoms with van der Waals surface area (Å²) in [5.74, 6) is -0.331. The third-order valence-electron chi connectivity index (χ3n) is 6.77. The van der Waals surface area contributed by atoms with Crippen LogP contribution in [0.4, 0.5) is 11.4 Å². The van der Waals surface area contributed by atoms with Crippen LogP contribution in [0.5, 0.6) is 0 Å². The van der Waals surface area contributed by atoms with Crippen molar-refractivity contribution in [1.29, 1.82) is 0 Å². The second-order valence-electron chi connectivity index (χ2n) is 8.94. The predicted molar refractivity (Wildman–Crippen MR) is 129 cm³/mol. The normalized spacial score (nSPS) is 19.7. The number of nitrogens with zero attached hydrogens (tertiary/aromatic N) is 4. The summed E-state index contributed by atoms with van der Waals surface area (Å²) >= 11 is 0. The molecule has 1 aromatic heterocycles. The topological polar surface area (TPSA) is 91.6 Å². The number of aromatic nitrogens is 1. The van der Waals surface area contributed by atoms with E-state index in [2.05, 4.69) is 32.2 Å². The Kier molecular flexibility index (Phi) is 6.22. The van der Waals surface area contributed by atoms with Crippen LogP contribution in [-0.2, 0) is 24.3 Å². The maximum atomic E-state index is 13.4. The zero-order valence-electron chi connectivity index (χ0n) is 18.8. The summed E-state index contributed by atoms with van der Waals surface area (Å²) in [6.45, 7) is 3.64. The third kappa shape index (κ3) is 4.63. The molecule has 0 bridgehead atoms. The lowest BCUT2D eigenvalue weighted by Gasteiger charge is -2.49. The molecule has 3 aromatic rings. The smallest absolute Gasteiger partial charge is 0.269 e. The van der Waals surface area contributed by atoms with E-state index in [0.717, 1.165) is 43.0 Å². The zero-order valence-corrected chi connectivity index (χ0v) is 18.8. The minimum Gasteiger partial charge on any atom is -0.365 e. The molecule has 1 saturated heterocycles. The first-order chi connectivity index (χ1) is 16.6. The highest BCUT2D eigenvalue weighted by Gasteiger charge is 2.41. The minimum atomic E-state index is -0.373. The van der Waals surface area contributed by atoms with Crippen molar-refractivity contribution in [3.05, 3.63) is 99.9 Å². The average Bonchev–Trinajstić information content (AvgIpc) is 2.87. The van der Waals surface area contributed by atoms with Crippen molar-refractivity contribution in [3.63, 3.8) is 0 Å². The first-order valence-corrected chi connectivity index (χ1v) is 11.6. The third-order valence-corrected chi connectivity index (χ3v) is 6.77. The van der Waals surface area contributed by atoms with Crippen molar-refractivity contribution < 1.29 is 9.72 Å². The summed E-state index contributed by atoms with van der Waals surface area (Å²) in [7, 11) is 0. The molecule has 2 aromatic carbocycles. The summed E-state index contributed by atoms with van der Waals surface area (Å²) in [5.41, 5.74) is 4.12. The van der Waals surface area contributed by atoms with Gasteiger partial charge in [0.05, 0.1) is 16.9 Å². The molecule has 5 rings (SSSR count). The molecule has 0 unspecified atom stereocenters. The Hall–Kier alpha value is -3.78. The van der Waals surface area contributed by atoms with Crippen LogP contribution in [0.1, 0.15) is 16.7 Å². The highest BCUT2D eigenvalue weighted by molar-refractivity contribution is 5.82. The number of nitro benzene ring substituents is 1. The van der Waals surface area contributed by atoms with Crippen LogP contribution in [0.2, 0.25) is 0 Å². The number of non-ortho nitro benzene ring substituents is 1. The van der Waals surface area contributed by atoms with E-state index in [0.29, 0.717) is 13.0 Å². The number of nitrogens with one attached hydrogen (secondary N) is 1. The number of benzene rings is 2. The Morgan fingerprint density at radius 1 is 1.09 bits per heavy atom. The monoisotopic (exact) mass is 457 g/mol. The summed E-state index contributed by atoms with van der Waals surface area (Å²) in [5, 5.41) is 14.4. The molecule has 1 amide bonds. The highest BCUT2D eigenvalue weighted by atomic mass is 16.6. The summed E-state index contributed by atoms with van der Waals surface area (Å²) in [6.07, 6.45) is 3.93. The number of carbonyl (C=O) groups excluding carboxylic acids is 1. The molecule has 34 heavy (non-hydrogen) atoms. The van der Waals surface area contributed by atoms with Gasteiger partial charge in [-0.3, -0.25) is 24.8 Å². The number of hydrogen-bond acceptors (Lipinski definition) is 6. The van der Waals surface area contributed by atoms with Gasteiger partial charge in [-0.2, -0.15) is 0 Å². The molecule has 0 spiro atoms. The number of fused-ring (bicyclic) bond motifs is 3. The quantitative estimate of drug-likeness (QED) is 0.452. The lowest BCUT2D eigenvalue weighted by atomic mass is 9.83. The van der Waals surface area contributed by atoms with E-state index >= 15 is 0 Å². The number of amides is 1. The van der Waals surface area contributed by atoms with Crippen molar-refractivity contribution in [1.82, 2.24) is 15.2 Å².